The average molecular weight is 309 g/mol. The van der Waals surface area contributed by atoms with E-state index in [4.69, 9.17) is 0 Å². The minimum Gasteiger partial charge on any atom is -0.336 e. The summed E-state index contributed by atoms with van der Waals surface area (Å²) < 4.78 is 0. The zero-order chi connectivity index (χ0) is 15.4. The Balaban J connectivity index is 1.77. The number of nitrogens with one attached hydrogen (secondary N) is 2. The predicted octanol–water partition coefficient (Wildman–Crippen LogP) is 1.98. The second-order valence-corrected chi connectivity index (χ2v) is 6.79. The largest absolute Gasteiger partial charge is 0.336 e. The minimum absolute atomic E-state index is 0.0285. The molecule has 2 rings (SSSR count). The first-order valence-corrected chi connectivity index (χ1v) is 8.22. The molecule has 1 aromatic rings. The summed E-state index contributed by atoms with van der Waals surface area (Å²) in [4.78, 5) is 27.0. The van der Waals surface area contributed by atoms with Gasteiger partial charge in [0.1, 0.15) is 0 Å². The standard InChI is InChI=1S/C15H23N3O2S/c1-10(2)11(3)17-15(20)16-8-14(19)18-6-4-13-12(9-18)5-7-21-13/h5,7,10-11H,4,6,8-9H2,1-3H3,(H2,16,17,20). The van der Waals surface area contributed by atoms with Crippen molar-refractivity contribution in [3.8, 4) is 0 Å². The maximum absolute atomic E-state index is 12.1. The van der Waals surface area contributed by atoms with Gasteiger partial charge in [0.15, 0.2) is 0 Å². The molecule has 1 aliphatic rings. The van der Waals surface area contributed by atoms with Crippen molar-refractivity contribution in [3.63, 3.8) is 0 Å². The van der Waals surface area contributed by atoms with Gasteiger partial charge in [-0.3, -0.25) is 4.79 Å². The average Bonchev–Trinajstić information content (AvgIpc) is 2.91. The van der Waals surface area contributed by atoms with Gasteiger partial charge < -0.3 is 15.5 Å². The van der Waals surface area contributed by atoms with Gasteiger partial charge in [0, 0.05) is 24.0 Å². The summed E-state index contributed by atoms with van der Waals surface area (Å²) in [7, 11) is 0. The Bertz CT molecular complexity index is 513. The lowest BCUT2D eigenvalue weighted by Crippen LogP contribution is -2.47. The van der Waals surface area contributed by atoms with Crippen LogP contribution in [0.25, 0.3) is 0 Å². The van der Waals surface area contributed by atoms with Crippen molar-refractivity contribution in [2.45, 2.75) is 39.8 Å². The van der Waals surface area contributed by atoms with Crippen molar-refractivity contribution >= 4 is 23.3 Å². The van der Waals surface area contributed by atoms with Crippen LogP contribution >= 0.6 is 11.3 Å². The molecule has 0 bridgehead atoms. The number of amides is 3. The molecule has 5 nitrogen and oxygen atoms in total. The molecule has 1 unspecified atom stereocenters. The molecule has 3 amide bonds. The molecule has 21 heavy (non-hydrogen) atoms. The number of hydrogen-bond donors (Lipinski definition) is 2. The molecule has 0 radical (unpaired) electrons. The summed E-state index contributed by atoms with van der Waals surface area (Å²) in [6.07, 6.45) is 0.912. The third-order valence-corrected chi connectivity index (χ3v) is 4.94. The van der Waals surface area contributed by atoms with E-state index in [2.05, 4.69) is 22.1 Å². The van der Waals surface area contributed by atoms with Crippen molar-refractivity contribution < 1.29 is 9.59 Å². The Morgan fingerprint density at radius 1 is 1.38 bits per heavy atom. The fourth-order valence-corrected chi connectivity index (χ4v) is 3.04. The monoisotopic (exact) mass is 309 g/mol. The van der Waals surface area contributed by atoms with E-state index in [1.54, 1.807) is 16.2 Å². The SMILES string of the molecule is CC(C)C(C)NC(=O)NCC(=O)N1CCc2sccc2C1. The number of thiophene rings is 1. The Kier molecular flexibility index (Phi) is 5.22. The Morgan fingerprint density at radius 3 is 2.86 bits per heavy atom. The quantitative estimate of drug-likeness (QED) is 0.893. The highest BCUT2D eigenvalue weighted by molar-refractivity contribution is 7.10. The molecule has 0 saturated heterocycles. The fourth-order valence-electron chi connectivity index (χ4n) is 2.15. The highest BCUT2D eigenvalue weighted by atomic mass is 32.1. The molecule has 1 aliphatic heterocycles. The maximum Gasteiger partial charge on any atom is 0.315 e. The van der Waals surface area contributed by atoms with Gasteiger partial charge in [-0.15, -0.1) is 11.3 Å². The van der Waals surface area contributed by atoms with Crippen molar-refractivity contribution in [2.75, 3.05) is 13.1 Å². The van der Waals surface area contributed by atoms with E-state index < -0.39 is 0 Å². The normalized spacial score (nSPS) is 15.5. The summed E-state index contributed by atoms with van der Waals surface area (Å²) in [5, 5.41) is 7.54. The summed E-state index contributed by atoms with van der Waals surface area (Å²) in [6, 6.07) is 1.88. The zero-order valence-corrected chi connectivity index (χ0v) is 13.6. The van der Waals surface area contributed by atoms with Gasteiger partial charge in [-0.2, -0.15) is 0 Å². The fraction of sp³-hybridized carbons (Fsp3) is 0.600. The summed E-state index contributed by atoms with van der Waals surface area (Å²) in [5.74, 6) is 0.338. The van der Waals surface area contributed by atoms with Crippen LogP contribution < -0.4 is 10.6 Å². The van der Waals surface area contributed by atoms with Gasteiger partial charge in [-0.1, -0.05) is 13.8 Å². The summed E-state index contributed by atoms with van der Waals surface area (Å²) in [6.45, 7) is 7.48. The van der Waals surface area contributed by atoms with E-state index in [0.29, 0.717) is 12.5 Å². The molecule has 2 heterocycles. The molecule has 2 N–H and O–H groups in total. The lowest BCUT2D eigenvalue weighted by Gasteiger charge is -2.27. The number of carbonyl (C=O) groups is 2. The van der Waals surface area contributed by atoms with E-state index >= 15 is 0 Å². The molecule has 0 aromatic carbocycles. The van der Waals surface area contributed by atoms with Crippen molar-refractivity contribution in [1.29, 1.82) is 0 Å². The lowest BCUT2D eigenvalue weighted by atomic mass is 10.1. The van der Waals surface area contributed by atoms with Crippen LogP contribution in [0.4, 0.5) is 4.79 Å². The van der Waals surface area contributed by atoms with Gasteiger partial charge in [-0.05, 0) is 36.3 Å². The second kappa shape index (κ2) is 6.93. The molecular formula is C15H23N3O2S. The van der Waals surface area contributed by atoms with Crippen LogP contribution in [-0.2, 0) is 17.8 Å². The van der Waals surface area contributed by atoms with E-state index in [0.717, 1.165) is 13.0 Å². The molecule has 0 saturated carbocycles. The summed E-state index contributed by atoms with van der Waals surface area (Å²) >= 11 is 1.75. The number of carbonyl (C=O) groups excluding carboxylic acids is 2. The highest BCUT2D eigenvalue weighted by Gasteiger charge is 2.21. The second-order valence-electron chi connectivity index (χ2n) is 5.79. The van der Waals surface area contributed by atoms with E-state index in [1.807, 2.05) is 20.8 Å². The predicted molar refractivity (Wildman–Crippen MR) is 84.3 cm³/mol. The number of hydrogen-bond acceptors (Lipinski definition) is 3. The van der Waals surface area contributed by atoms with Crippen molar-refractivity contribution in [3.05, 3.63) is 21.9 Å². The summed E-state index contributed by atoms with van der Waals surface area (Å²) in [5.41, 5.74) is 1.23. The maximum atomic E-state index is 12.1. The highest BCUT2D eigenvalue weighted by Crippen LogP contribution is 2.23. The molecular weight excluding hydrogens is 286 g/mol. The first kappa shape index (κ1) is 15.8. The topological polar surface area (TPSA) is 61.4 Å². The first-order valence-electron chi connectivity index (χ1n) is 7.34. The van der Waals surface area contributed by atoms with Crippen LogP contribution in [0.15, 0.2) is 11.4 Å². The third-order valence-electron chi connectivity index (χ3n) is 3.92. The minimum atomic E-state index is -0.280. The number of rotatable bonds is 4. The number of nitrogens with zero attached hydrogens (tertiary/aromatic N) is 1. The van der Waals surface area contributed by atoms with E-state index in [-0.39, 0.29) is 24.5 Å². The van der Waals surface area contributed by atoms with E-state index in [9.17, 15) is 9.59 Å². The van der Waals surface area contributed by atoms with Crippen molar-refractivity contribution in [1.82, 2.24) is 15.5 Å². The van der Waals surface area contributed by atoms with Crippen LogP contribution in [0, 0.1) is 5.92 Å². The smallest absolute Gasteiger partial charge is 0.315 e. The molecule has 0 fully saturated rings. The Hall–Kier alpha value is -1.56. The van der Waals surface area contributed by atoms with Crippen LogP contribution in [0.1, 0.15) is 31.2 Å². The lowest BCUT2D eigenvalue weighted by molar-refractivity contribution is -0.130. The zero-order valence-electron chi connectivity index (χ0n) is 12.8. The molecule has 6 heteroatoms. The molecule has 0 aliphatic carbocycles. The van der Waals surface area contributed by atoms with Gasteiger partial charge in [-0.25, -0.2) is 4.79 Å². The van der Waals surface area contributed by atoms with Crippen molar-refractivity contribution in [2.24, 2.45) is 5.92 Å². The molecule has 1 atom stereocenters. The first-order chi connectivity index (χ1) is 9.97. The van der Waals surface area contributed by atoms with Gasteiger partial charge >= 0.3 is 6.03 Å². The number of urea groups is 1. The number of fused-ring (bicyclic) bond motifs is 1. The molecule has 1 aromatic heterocycles. The molecule has 116 valence electrons. The molecule has 0 spiro atoms. The third kappa shape index (κ3) is 4.20. The Labute approximate surface area is 129 Å². The van der Waals surface area contributed by atoms with E-state index in [1.165, 1.54) is 10.4 Å². The van der Waals surface area contributed by atoms with Crippen LogP contribution in [0.5, 0.6) is 0 Å². The van der Waals surface area contributed by atoms with Crippen LogP contribution in [-0.4, -0.2) is 36.0 Å². The van der Waals surface area contributed by atoms with Crippen LogP contribution in [0.3, 0.4) is 0 Å². The Morgan fingerprint density at radius 2 is 2.14 bits per heavy atom. The van der Waals surface area contributed by atoms with Gasteiger partial charge in [0.2, 0.25) is 5.91 Å². The van der Waals surface area contributed by atoms with Gasteiger partial charge in [0.05, 0.1) is 6.54 Å². The van der Waals surface area contributed by atoms with Crippen LogP contribution in [0.2, 0.25) is 0 Å². The van der Waals surface area contributed by atoms with Gasteiger partial charge in [0.25, 0.3) is 0 Å².